The molecule has 1 unspecified atom stereocenters. The first-order chi connectivity index (χ1) is 6.27. The molecule has 0 radical (unpaired) electrons. The van der Waals surface area contributed by atoms with Gasteiger partial charge in [0.2, 0.25) is 5.91 Å². The minimum atomic E-state index is 0.0994. The van der Waals surface area contributed by atoms with Gasteiger partial charge in [-0.1, -0.05) is 15.9 Å². The van der Waals surface area contributed by atoms with Gasteiger partial charge in [-0.25, -0.2) is 4.98 Å². The van der Waals surface area contributed by atoms with E-state index in [-0.39, 0.29) is 10.7 Å². The second-order valence-electron chi connectivity index (χ2n) is 2.87. The Balaban J connectivity index is 2.23. The highest BCUT2D eigenvalue weighted by Crippen LogP contribution is 2.22. The number of amides is 1. The fourth-order valence-corrected chi connectivity index (χ4v) is 1.88. The van der Waals surface area contributed by atoms with Gasteiger partial charge in [-0.15, -0.1) is 0 Å². The van der Waals surface area contributed by atoms with Gasteiger partial charge < -0.3 is 0 Å². The van der Waals surface area contributed by atoms with Gasteiger partial charge in [0.15, 0.2) is 5.82 Å². The van der Waals surface area contributed by atoms with Crippen molar-refractivity contribution in [2.45, 2.75) is 11.2 Å². The first-order valence-electron chi connectivity index (χ1n) is 3.98. The van der Waals surface area contributed by atoms with E-state index in [1.54, 1.807) is 23.5 Å². The van der Waals surface area contributed by atoms with Gasteiger partial charge in [-0.2, -0.15) is 0 Å². The molecule has 1 aromatic rings. The summed E-state index contributed by atoms with van der Waals surface area (Å²) < 4.78 is 0. The van der Waals surface area contributed by atoms with Crippen molar-refractivity contribution in [3.05, 3.63) is 18.6 Å². The van der Waals surface area contributed by atoms with Gasteiger partial charge in [-0.05, 0) is 0 Å². The van der Waals surface area contributed by atoms with E-state index >= 15 is 0 Å². The van der Waals surface area contributed by atoms with Crippen LogP contribution in [0.2, 0.25) is 0 Å². The second-order valence-corrected chi connectivity index (χ2v) is 4.16. The monoisotopic (exact) mass is 241 g/mol. The number of hydrogen-bond donors (Lipinski definition) is 0. The van der Waals surface area contributed by atoms with Crippen LogP contribution in [-0.2, 0) is 4.79 Å². The van der Waals surface area contributed by atoms with Crippen LogP contribution in [0.1, 0.15) is 6.42 Å². The molecule has 1 amide bonds. The molecule has 1 saturated heterocycles. The number of anilines is 1. The highest BCUT2D eigenvalue weighted by Gasteiger charge is 2.29. The van der Waals surface area contributed by atoms with Crippen LogP contribution in [0.3, 0.4) is 0 Å². The van der Waals surface area contributed by atoms with E-state index < -0.39 is 0 Å². The summed E-state index contributed by atoms with van der Waals surface area (Å²) in [6.45, 7) is 0.678. The molecule has 2 rings (SSSR count). The fraction of sp³-hybridized carbons (Fsp3) is 0.375. The number of nitrogens with zero attached hydrogens (tertiary/aromatic N) is 3. The maximum Gasteiger partial charge on any atom is 0.229 e. The third kappa shape index (κ3) is 1.70. The van der Waals surface area contributed by atoms with Crippen molar-refractivity contribution in [2.75, 3.05) is 11.4 Å². The van der Waals surface area contributed by atoms with Crippen LogP contribution in [0.5, 0.6) is 0 Å². The van der Waals surface area contributed by atoms with Crippen LogP contribution in [-0.4, -0.2) is 27.2 Å². The van der Waals surface area contributed by atoms with Gasteiger partial charge in [0.05, 0.1) is 6.20 Å². The summed E-state index contributed by atoms with van der Waals surface area (Å²) in [5.74, 6) is 0.733. The molecule has 0 aliphatic carbocycles. The molecule has 1 aliphatic rings. The molecule has 0 spiro atoms. The smallest absolute Gasteiger partial charge is 0.229 e. The van der Waals surface area contributed by atoms with E-state index in [0.717, 1.165) is 0 Å². The zero-order valence-corrected chi connectivity index (χ0v) is 8.44. The third-order valence-electron chi connectivity index (χ3n) is 1.90. The summed E-state index contributed by atoms with van der Waals surface area (Å²) in [5.41, 5.74) is 0. The van der Waals surface area contributed by atoms with Gasteiger partial charge in [0.1, 0.15) is 0 Å². The van der Waals surface area contributed by atoms with Crippen LogP contribution in [0.15, 0.2) is 18.6 Å². The average Bonchev–Trinajstić information content (AvgIpc) is 2.47. The number of carbonyl (C=O) groups is 1. The average molecular weight is 242 g/mol. The maximum atomic E-state index is 11.4. The first kappa shape index (κ1) is 8.62. The lowest BCUT2D eigenvalue weighted by Gasteiger charge is -2.12. The summed E-state index contributed by atoms with van der Waals surface area (Å²) in [6, 6.07) is 0. The van der Waals surface area contributed by atoms with Crippen molar-refractivity contribution in [1.29, 1.82) is 0 Å². The lowest BCUT2D eigenvalue weighted by Crippen LogP contribution is -2.25. The van der Waals surface area contributed by atoms with Crippen LogP contribution in [0, 0.1) is 0 Å². The SMILES string of the molecule is O=C1CC(Br)CN1c1cnccn1. The fourth-order valence-electron chi connectivity index (χ4n) is 1.32. The molecule has 5 heteroatoms. The van der Waals surface area contributed by atoms with Crippen molar-refractivity contribution >= 4 is 27.7 Å². The van der Waals surface area contributed by atoms with Crippen molar-refractivity contribution in [3.63, 3.8) is 0 Å². The van der Waals surface area contributed by atoms with Crippen molar-refractivity contribution in [2.24, 2.45) is 0 Å². The molecule has 4 nitrogen and oxygen atoms in total. The Morgan fingerprint density at radius 2 is 2.38 bits per heavy atom. The second kappa shape index (κ2) is 3.41. The zero-order chi connectivity index (χ0) is 9.26. The van der Waals surface area contributed by atoms with E-state index in [1.807, 2.05) is 0 Å². The van der Waals surface area contributed by atoms with Crippen molar-refractivity contribution in [1.82, 2.24) is 9.97 Å². The molecule has 13 heavy (non-hydrogen) atoms. The minimum Gasteiger partial charge on any atom is -0.294 e. The number of alkyl halides is 1. The van der Waals surface area contributed by atoms with Crippen molar-refractivity contribution < 1.29 is 4.79 Å². The molecule has 1 aliphatic heterocycles. The highest BCUT2D eigenvalue weighted by atomic mass is 79.9. The molecule has 0 saturated carbocycles. The maximum absolute atomic E-state index is 11.4. The standard InChI is InChI=1S/C8H8BrN3O/c9-6-3-8(13)12(5-6)7-4-10-1-2-11-7/h1-2,4,6H,3,5H2. The number of aromatic nitrogens is 2. The predicted molar refractivity (Wildman–Crippen MR) is 51.7 cm³/mol. The lowest BCUT2D eigenvalue weighted by atomic mass is 10.4. The van der Waals surface area contributed by atoms with Crippen LogP contribution in [0.25, 0.3) is 0 Å². The number of carbonyl (C=O) groups excluding carboxylic acids is 1. The first-order valence-corrected chi connectivity index (χ1v) is 4.89. The van der Waals surface area contributed by atoms with Gasteiger partial charge in [-0.3, -0.25) is 14.7 Å². The number of rotatable bonds is 1. The number of hydrogen-bond acceptors (Lipinski definition) is 3. The molecular formula is C8H8BrN3O. The Labute approximate surface area is 84.1 Å². The molecule has 2 heterocycles. The summed E-state index contributed by atoms with van der Waals surface area (Å²) in [5, 5.41) is 0. The minimum absolute atomic E-state index is 0.0994. The normalized spacial score (nSPS) is 22.4. The Kier molecular flexibility index (Phi) is 2.26. The molecular weight excluding hydrogens is 234 g/mol. The Hall–Kier alpha value is -0.970. The molecule has 0 bridgehead atoms. The van der Waals surface area contributed by atoms with E-state index in [1.165, 1.54) is 0 Å². The third-order valence-corrected chi connectivity index (χ3v) is 2.52. The summed E-state index contributed by atoms with van der Waals surface area (Å²) in [6.07, 6.45) is 5.32. The molecule has 1 atom stereocenters. The Bertz CT molecular complexity index is 316. The summed E-state index contributed by atoms with van der Waals surface area (Å²) in [4.78, 5) is 21.3. The van der Waals surface area contributed by atoms with Gasteiger partial charge >= 0.3 is 0 Å². The van der Waals surface area contributed by atoms with Gasteiger partial charge in [0, 0.05) is 30.2 Å². The molecule has 1 aromatic heterocycles. The quantitative estimate of drug-likeness (QED) is 0.689. The largest absolute Gasteiger partial charge is 0.294 e. The van der Waals surface area contributed by atoms with Crippen LogP contribution < -0.4 is 4.90 Å². The summed E-state index contributed by atoms with van der Waals surface area (Å²) in [7, 11) is 0. The Morgan fingerprint density at radius 1 is 1.54 bits per heavy atom. The van der Waals surface area contributed by atoms with Crippen LogP contribution in [0.4, 0.5) is 5.82 Å². The molecule has 0 N–H and O–H groups in total. The highest BCUT2D eigenvalue weighted by molar-refractivity contribution is 9.09. The van der Waals surface area contributed by atoms with Gasteiger partial charge in [0.25, 0.3) is 0 Å². The molecule has 1 fully saturated rings. The van der Waals surface area contributed by atoms with Crippen LogP contribution >= 0.6 is 15.9 Å². The lowest BCUT2D eigenvalue weighted by molar-refractivity contribution is -0.117. The predicted octanol–water partition coefficient (Wildman–Crippen LogP) is 0.977. The van der Waals surface area contributed by atoms with E-state index in [2.05, 4.69) is 25.9 Å². The number of halogens is 1. The zero-order valence-electron chi connectivity index (χ0n) is 6.85. The van der Waals surface area contributed by atoms with E-state index in [4.69, 9.17) is 0 Å². The summed E-state index contributed by atoms with van der Waals surface area (Å²) >= 11 is 3.41. The Morgan fingerprint density at radius 3 is 2.92 bits per heavy atom. The van der Waals surface area contributed by atoms with Crippen molar-refractivity contribution in [3.8, 4) is 0 Å². The van der Waals surface area contributed by atoms with E-state index in [0.29, 0.717) is 18.8 Å². The topological polar surface area (TPSA) is 46.1 Å². The van der Waals surface area contributed by atoms with E-state index in [9.17, 15) is 4.79 Å². The molecule has 0 aromatic carbocycles. The molecule has 68 valence electrons.